The third-order valence-electron chi connectivity index (χ3n) is 6.40. The predicted octanol–water partition coefficient (Wildman–Crippen LogP) is 2.95. The molecular weight excluding hydrogens is 417 g/mol. The summed E-state index contributed by atoms with van der Waals surface area (Å²) in [5, 5.41) is -0.467. The molecule has 0 spiro atoms. The Hall–Kier alpha value is -2.68. The van der Waals surface area contributed by atoms with Crippen LogP contribution in [0.3, 0.4) is 0 Å². The number of amidine groups is 1. The summed E-state index contributed by atoms with van der Waals surface area (Å²) in [7, 11) is -2.76. The first-order valence-corrected chi connectivity index (χ1v) is 11.7. The summed E-state index contributed by atoms with van der Waals surface area (Å²) >= 11 is 0. The van der Waals surface area contributed by atoms with Crippen LogP contribution < -0.4 is 5.73 Å². The van der Waals surface area contributed by atoms with Crippen molar-refractivity contribution in [1.29, 1.82) is 0 Å². The molecule has 0 aliphatic carbocycles. The number of Topliss-reactive ketones (excluding diaryl/α,β-unsaturated/α-hetero) is 1. The summed E-state index contributed by atoms with van der Waals surface area (Å²) < 4.78 is 32.5. The zero-order valence-electron chi connectivity index (χ0n) is 18.1. The zero-order chi connectivity index (χ0) is 22.6. The summed E-state index contributed by atoms with van der Waals surface area (Å²) in [5.41, 5.74) is 6.97. The van der Waals surface area contributed by atoms with Gasteiger partial charge in [-0.1, -0.05) is 6.07 Å². The molecule has 31 heavy (non-hydrogen) atoms. The molecule has 2 N–H and O–H groups in total. The van der Waals surface area contributed by atoms with Crippen LogP contribution in [-0.2, 0) is 21.7 Å². The molecule has 3 heterocycles. The second-order valence-electron chi connectivity index (χ2n) is 8.81. The van der Waals surface area contributed by atoms with Gasteiger partial charge >= 0.3 is 0 Å². The lowest BCUT2D eigenvalue weighted by atomic mass is 9.84. The van der Waals surface area contributed by atoms with Gasteiger partial charge in [-0.15, -0.1) is 0 Å². The minimum atomic E-state index is -2.76. The molecule has 7 nitrogen and oxygen atoms in total. The monoisotopic (exact) mass is 443 g/mol. The number of halogens is 1. The van der Waals surface area contributed by atoms with Crippen molar-refractivity contribution >= 4 is 21.3 Å². The number of rotatable bonds is 4. The third-order valence-corrected chi connectivity index (χ3v) is 10.1. The van der Waals surface area contributed by atoms with Crippen LogP contribution in [0.15, 0.2) is 39.9 Å². The Balaban J connectivity index is 1.76. The van der Waals surface area contributed by atoms with Gasteiger partial charge in [0.25, 0.3) is 0 Å². The molecule has 2 aliphatic heterocycles. The van der Waals surface area contributed by atoms with E-state index in [0.717, 1.165) is 5.69 Å². The van der Waals surface area contributed by atoms with Crippen LogP contribution in [0.1, 0.15) is 54.5 Å². The average Bonchev–Trinajstić information content (AvgIpc) is 3.13. The van der Waals surface area contributed by atoms with Crippen molar-refractivity contribution < 1.29 is 13.4 Å². The average molecular weight is 444 g/mol. The lowest BCUT2D eigenvalue weighted by molar-refractivity contribution is 0.0987. The van der Waals surface area contributed by atoms with Crippen LogP contribution >= 0.6 is 0 Å². The van der Waals surface area contributed by atoms with E-state index in [1.54, 1.807) is 39.8 Å². The van der Waals surface area contributed by atoms with Crippen molar-refractivity contribution in [1.82, 2.24) is 9.97 Å². The number of fused-ring (bicyclic) bond motifs is 1. The van der Waals surface area contributed by atoms with Gasteiger partial charge in [-0.25, -0.2) is 17.9 Å². The molecule has 1 aromatic carbocycles. The summed E-state index contributed by atoms with van der Waals surface area (Å²) in [6.07, 6.45) is 3.55. The molecule has 0 radical (unpaired) electrons. The molecule has 0 saturated heterocycles. The van der Waals surface area contributed by atoms with Crippen LogP contribution in [0, 0.1) is 12.7 Å². The van der Waals surface area contributed by atoms with E-state index in [4.69, 9.17) is 5.73 Å². The first-order valence-electron chi connectivity index (χ1n) is 10.2. The summed E-state index contributed by atoms with van der Waals surface area (Å²) in [4.78, 5) is 25.6. The largest absolute Gasteiger partial charge is 0.386 e. The minimum Gasteiger partial charge on any atom is -0.386 e. The maximum absolute atomic E-state index is 15.1. The molecule has 2 aromatic rings. The quantitative estimate of drug-likeness (QED) is 0.731. The fraction of sp³-hybridized carbons (Fsp3) is 0.455. The first-order chi connectivity index (χ1) is 14.5. The van der Waals surface area contributed by atoms with Gasteiger partial charge in [-0.3, -0.25) is 14.8 Å². The zero-order valence-corrected chi connectivity index (χ0v) is 18.9. The van der Waals surface area contributed by atoms with E-state index >= 15 is 4.39 Å². The fourth-order valence-electron chi connectivity index (χ4n) is 4.39. The van der Waals surface area contributed by atoms with E-state index in [1.165, 1.54) is 18.5 Å². The first kappa shape index (κ1) is 21.5. The summed E-state index contributed by atoms with van der Waals surface area (Å²) in [5.74, 6) is -0.487. The van der Waals surface area contributed by atoms with Gasteiger partial charge in [0.05, 0.1) is 26.9 Å². The summed E-state index contributed by atoms with van der Waals surface area (Å²) in [6.45, 7) is 7.54. The number of benzene rings is 1. The Bertz CT molecular complexity index is 1210. The highest BCUT2D eigenvalue weighted by atomic mass is 32.2. The van der Waals surface area contributed by atoms with Crippen molar-refractivity contribution in [2.24, 2.45) is 15.1 Å². The number of aliphatic imine (C=N–C) groups is 1. The number of carbonyl (C=O) groups excluding carboxylic acids is 1. The number of ketones is 1. The van der Waals surface area contributed by atoms with Gasteiger partial charge < -0.3 is 5.73 Å². The standard InChI is InChI=1S/C22H26FN5O2S/c1-13-11-26-17(12-25-13)18(29)10-14-5-6-16(23)15(9-14)22(4)19-7-8-27-31(19,30)21(2,3)20(24)28-22/h5-6,9,11-12,19H,7-8,10H2,1-4H3,(H2,24,28)/t19-,22+,31+/m0/s1. The molecule has 3 atom stereocenters. The predicted molar refractivity (Wildman–Crippen MR) is 118 cm³/mol. The van der Waals surface area contributed by atoms with Gasteiger partial charge in [-0.2, -0.15) is 0 Å². The number of nitrogens with two attached hydrogens (primary N) is 1. The van der Waals surface area contributed by atoms with E-state index in [-0.39, 0.29) is 29.3 Å². The molecule has 2 aliphatic rings. The highest BCUT2D eigenvalue weighted by molar-refractivity contribution is 7.96. The Morgan fingerprint density at radius 1 is 1.26 bits per heavy atom. The minimum absolute atomic E-state index is 0.0379. The third kappa shape index (κ3) is 3.26. The Labute approximate surface area is 181 Å². The van der Waals surface area contributed by atoms with Crippen molar-refractivity contribution in [3.63, 3.8) is 0 Å². The molecular formula is C22H26FN5O2S. The van der Waals surface area contributed by atoms with Crippen molar-refractivity contribution in [3.05, 3.63) is 58.9 Å². The van der Waals surface area contributed by atoms with Gasteiger partial charge in [0.2, 0.25) is 0 Å². The van der Waals surface area contributed by atoms with Gasteiger partial charge in [0.1, 0.15) is 27.6 Å². The number of carbonyl (C=O) groups is 1. The van der Waals surface area contributed by atoms with E-state index in [9.17, 15) is 9.00 Å². The van der Waals surface area contributed by atoms with E-state index in [1.807, 2.05) is 0 Å². The van der Waals surface area contributed by atoms with E-state index in [0.29, 0.717) is 18.5 Å². The smallest absolute Gasteiger partial charge is 0.187 e. The van der Waals surface area contributed by atoms with E-state index in [2.05, 4.69) is 19.3 Å². The number of aryl methyl sites for hydroxylation is 1. The second kappa shape index (κ2) is 7.19. The molecule has 0 bridgehead atoms. The number of hydrogen-bond acceptors (Lipinski definition) is 7. The molecule has 0 unspecified atom stereocenters. The van der Waals surface area contributed by atoms with Gasteiger partial charge in [0, 0.05) is 24.7 Å². The van der Waals surface area contributed by atoms with Crippen molar-refractivity contribution in [2.75, 3.05) is 6.54 Å². The SMILES string of the molecule is Cc1cnc(C(=O)Cc2ccc(F)c([C@@]3(C)N=C(N)C(C)(C)[S@@]4(=O)=NCC[C@@H]34)c2)cn1. The highest BCUT2D eigenvalue weighted by Crippen LogP contribution is 2.47. The van der Waals surface area contributed by atoms with Crippen LogP contribution in [0.5, 0.6) is 0 Å². The van der Waals surface area contributed by atoms with E-state index < -0.39 is 31.1 Å². The number of aromatic nitrogens is 2. The molecule has 9 heteroatoms. The molecule has 4 rings (SSSR count). The molecule has 0 amide bonds. The number of nitrogens with zero attached hydrogens (tertiary/aromatic N) is 4. The lowest BCUT2D eigenvalue weighted by Crippen LogP contribution is -2.58. The fourth-order valence-corrected chi connectivity index (χ4v) is 7.55. The Morgan fingerprint density at radius 2 is 2.00 bits per heavy atom. The highest BCUT2D eigenvalue weighted by Gasteiger charge is 2.56. The number of hydrogen-bond donors (Lipinski definition) is 1. The Kier molecular flexibility index (Phi) is 4.99. The van der Waals surface area contributed by atoms with Gasteiger partial charge in [0.15, 0.2) is 5.78 Å². The van der Waals surface area contributed by atoms with Crippen LogP contribution in [0.4, 0.5) is 4.39 Å². The molecule has 0 fully saturated rings. The van der Waals surface area contributed by atoms with Crippen molar-refractivity contribution in [2.45, 2.75) is 56.1 Å². The lowest BCUT2D eigenvalue weighted by Gasteiger charge is -2.44. The van der Waals surface area contributed by atoms with Crippen molar-refractivity contribution in [3.8, 4) is 0 Å². The maximum atomic E-state index is 15.1. The second-order valence-corrected chi connectivity index (χ2v) is 11.8. The molecule has 1 aromatic heterocycles. The van der Waals surface area contributed by atoms with Crippen LogP contribution in [-0.4, -0.2) is 42.3 Å². The van der Waals surface area contributed by atoms with Crippen LogP contribution in [0.2, 0.25) is 0 Å². The topological polar surface area (TPSA) is 111 Å². The Morgan fingerprint density at radius 3 is 2.68 bits per heavy atom. The molecule has 164 valence electrons. The summed E-state index contributed by atoms with van der Waals surface area (Å²) in [6, 6.07) is 4.52. The van der Waals surface area contributed by atoms with Crippen LogP contribution in [0.25, 0.3) is 0 Å². The maximum Gasteiger partial charge on any atom is 0.187 e. The van der Waals surface area contributed by atoms with Gasteiger partial charge in [-0.05, 0) is 51.8 Å². The normalized spacial score (nSPS) is 29.1. The molecule has 0 saturated carbocycles.